The molecule has 0 aliphatic rings. The normalized spacial score (nSPS) is 8.57. The Morgan fingerprint density at radius 3 is 2.50 bits per heavy atom. The molecule has 14 heavy (non-hydrogen) atoms. The van der Waals surface area contributed by atoms with Crippen LogP contribution in [0.4, 0.5) is 0 Å². The fourth-order valence-electron chi connectivity index (χ4n) is 0.878. The number of ether oxygens (including phenoxy) is 1. The number of benzene rings is 1. The van der Waals surface area contributed by atoms with Crippen LogP contribution in [0.25, 0.3) is 10.9 Å². The van der Waals surface area contributed by atoms with E-state index in [2.05, 4.69) is 23.1 Å². The molecule has 1 aromatic carbocycles. The summed E-state index contributed by atoms with van der Waals surface area (Å²) in [5.74, 6) is 0. The van der Waals surface area contributed by atoms with E-state index in [1.807, 2.05) is 24.3 Å². The predicted octanol–water partition coefficient (Wildman–Crippen LogP) is 3.12. The lowest BCUT2D eigenvalue weighted by Crippen LogP contribution is -1.61. The molecule has 72 valence electrons. The summed E-state index contributed by atoms with van der Waals surface area (Å²) < 4.78 is 9.08. The highest BCUT2D eigenvalue weighted by molar-refractivity contribution is 5.76. The van der Waals surface area contributed by atoms with Crippen LogP contribution < -0.4 is 0 Å². The monoisotopic (exact) mass is 189 g/mol. The van der Waals surface area contributed by atoms with Gasteiger partial charge in [0.2, 0.25) is 0 Å². The molecular formula is C11H11NO2. The van der Waals surface area contributed by atoms with Crippen LogP contribution in [0.3, 0.4) is 0 Å². The van der Waals surface area contributed by atoms with E-state index < -0.39 is 0 Å². The molecule has 0 unspecified atom stereocenters. The molecule has 0 aliphatic carbocycles. The lowest BCUT2D eigenvalue weighted by Gasteiger charge is -1.78. The zero-order chi connectivity index (χ0) is 10.2. The molecule has 0 radical (unpaired) electrons. The number of nitrogens with zero attached hydrogens (tertiary/aromatic N) is 1. The van der Waals surface area contributed by atoms with Gasteiger partial charge in [-0.05, 0) is 12.1 Å². The second kappa shape index (κ2) is 5.59. The highest BCUT2D eigenvalue weighted by Gasteiger charge is 1.91. The van der Waals surface area contributed by atoms with Crippen molar-refractivity contribution in [3.63, 3.8) is 0 Å². The standard InChI is InChI=1S/C7H5NO.C4H6O/c1-2-4-7-6(3-1)5-9-8-7;1-3-5-4-2/h1-5H;3-4H,1-2H2. The lowest BCUT2D eigenvalue weighted by atomic mass is 10.3. The van der Waals surface area contributed by atoms with E-state index in [9.17, 15) is 0 Å². The van der Waals surface area contributed by atoms with E-state index in [-0.39, 0.29) is 0 Å². The molecule has 0 amide bonds. The third-order valence-electron chi connectivity index (χ3n) is 1.46. The maximum atomic E-state index is 4.71. The Morgan fingerprint density at radius 2 is 1.93 bits per heavy atom. The molecular weight excluding hydrogens is 178 g/mol. The Bertz CT molecular complexity index is 370. The first kappa shape index (κ1) is 10.1. The lowest BCUT2D eigenvalue weighted by molar-refractivity contribution is 0.406. The van der Waals surface area contributed by atoms with Crippen molar-refractivity contribution < 1.29 is 9.26 Å². The number of hydrogen-bond acceptors (Lipinski definition) is 3. The molecule has 1 aromatic heterocycles. The molecule has 0 bridgehead atoms. The Kier molecular flexibility index (Phi) is 4.01. The van der Waals surface area contributed by atoms with Crippen LogP contribution in [0.5, 0.6) is 0 Å². The molecule has 0 saturated carbocycles. The van der Waals surface area contributed by atoms with Crippen molar-refractivity contribution in [2.75, 3.05) is 0 Å². The summed E-state index contributed by atoms with van der Waals surface area (Å²) >= 11 is 0. The Labute approximate surface area is 82.3 Å². The third-order valence-corrected chi connectivity index (χ3v) is 1.46. The zero-order valence-corrected chi connectivity index (χ0v) is 7.72. The molecule has 0 aliphatic heterocycles. The minimum Gasteiger partial charge on any atom is -0.474 e. The van der Waals surface area contributed by atoms with Gasteiger partial charge in [0.15, 0.2) is 0 Å². The molecule has 0 spiro atoms. The number of hydrogen-bond donors (Lipinski definition) is 0. The molecule has 0 fully saturated rings. The van der Waals surface area contributed by atoms with E-state index in [0.717, 1.165) is 10.9 Å². The van der Waals surface area contributed by atoms with E-state index in [4.69, 9.17) is 4.52 Å². The first-order valence-electron chi connectivity index (χ1n) is 4.05. The second-order valence-electron chi connectivity index (χ2n) is 2.34. The highest BCUT2D eigenvalue weighted by atomic mass is 16.5. The number of fused-ring (bicyclic) bond motifs is 1. The molecule has 2 rings (SSSR count). The topological polar surface area (TPSA) is 35.3 Å². The van der Waals surface area contributed by atoms with Gasteiger partial charge in [0.1, 0.15) is 11.8 Å². The van der Waals surface area contributed by atoms with Gasteiger partial charge in [-0.3, -0.25) is 0 Å². The molecule has 2 aromatic rings. The Balaban J connectivity index is 0.000000171. The summed E-state index contributed by atoms with van der Waals surface area (Å²) in [5, 5.41) is 4.80. The van der Waals surface area contributed by atoms with Crippen LogP contribution in [0.1, 0.15) is 0 Å². The Morgan fingerprint density at radius 1 is 1.21 bits per heavy atom. The average molecular weight is 189 g/mol. The molecule has 1 heterocycles. The third kappa shape index (κ3) is 2.79. The van der Waals surface area contributed by atoms with Gasteiger partial charge in [-0.15, -0.1) is 0 Å². The number of rotatable bonds is 2. The van der Waals surface area contributed by atoms with Gasteiger partial charge in [-0.2, -0.15) is 0 Å². The quantitative estimate of drug-likeness (QED) is 0.681. The summed E-state index contributed by atoms with van der Waals surface area (Å²) in [5.41, 5.74) is 0.914. The highest BCUT2D eigenvalue weighted by Crippen LogP contribution is 2.09. The van der Waals surface area contributed by atoms with E-state index in [1.54, 1.807) is 6.26 Å². The van der Waals surface area contributed by atoms with E-state index in [1.165, 1.54) is 12.5 Å². The Hall–Kier alpha value is -2.03. The van der Waals surface area contributed by atoms with Gasteiger partial charge in [0.25, 0.3) is 0 Å². The SMILES string of the molecule is C=COC=C.c1ccc2nocc2c1. The van der Waals surface area contributed by atoms with Crippen LogP contribution in [0.15, 0.2) is 60.7 Å². The summed E-state index contributed by atoms with van der Waals surface area (Å²) in [6.07, 6.45) is 4.26. The van der Waals surface area contributed by atoms with Crippen molar-refractivity contribution in [2.24, 2.45) is 0 Å². The fraction of sp³-hybridized carbons (Fsp3) is 0. The van der Waals surface area contributed by atoms with Gasteiger partial charge in [-0.1, -0.05) is 30.4 Å². The first-order chi connectivity index (χ1) is 6.88. The van der Waals surface area contributed by atoms with Crippen molar-refractivity contribution >= 4 is 10.9 Å². The molecule has 3 heteroatoms. The van der Waals surface area contributed by atoms with E-state index >= 15 is 0 Å². The van der Waals surface area contributed by atoms with Gasteiger partial charge in [0.05, 0.1) is 12.5 Å². The van der Waals surface area contributed by atoms with Crippen LogP contribution in [0.2, 0.25) is 0 Å². The largest absolute Gasteiger partial charge is 0.474 e. The molecule has 0 N–H and O–H groups in total. The van der Waals surface area contributed by atoms with Gasteiger partial charge in [-0.25, -0.2) is 0 Å². The fourth-order valence-corrected chi connectivity index (χ4v) is 0.878. The minimum atomic E-state index is 0.914. The van der Waals surface area contributed by atoms with Crippen molar-refractivity contribution in [1.29, 1.82) is 0 Å². The minimum absolute atomic E-state index is 0.914. The van der Waals surface area contributed by atoms with Crippen molar-refractivity contribution in [3.8, 4) is 0 Å². The second-order valence-corrected chi connectivity index (χ2v) is 2.34. The summed E-state index contributed by atoms with van der Waals surface area (Å²) in [7, 11) is 0. The van der Waals surface area contributed by atoms with Crippen molar-refractivity contribution in [2.45, 2.75) is 0 Å². The predicted molar refractivity (Wildman–Crippen MR) is 55.5 cm³/mol. The molecule has 0 atom stereocenters. The maximum absolute atomic E-state index is 4.71. The van der Waals surface area contributed by atoms with Crippen LogP contribution in [0, 0.1) is 0 Å². The number of aromatic nitrogens is 1. The van der Waals surface area contributed by atoms with Crippen molar-refractivity contribution in [1.82, 2.24) is 5.16 Å². The zero-order valence-electron chi connectivity index (χ0n) is 7.72. The summed E-state index contributed by atoms with van der Waals surface area (Å²) in [4.78, 5) is 0. The summed E-state index contributed by atoms with van der Waals surface area (Å²) in [6, 6.07) is 7.77. The molecule has 0 saturated heterocycles. The molecule has 3 nitrogen and oxygen atoms in total. The van der Waals surface area contributed by atoms with Gasteiger partial charge in [0, 0.05) is 5.39 Å². The average Bonchev–Trinajstić information content (AvgIpc) is 2.67. The van der Waals surface area contributed by atoms with Gasteiger partial charge < -0.3 is 9.26 Å². The first-order valence-corrected chi connectivity index (χ1v) is 4.05. The van der Waals surface area contributed by atoms with Crippen LogP contribution in [-0.2, 0) is 4.74 Å². The van der Waals surface area contributed by atoms with Crippen LogP contribution >= 0.6 is 0 Å². The summed E-state index contributed by atoms with van der Waals surface area (Å²) in [6.45, 7) is 6.51. The van der Waals surface area contributed by atoms with Gasteiger partial charge >= 0.3 is 0 Å². The smallest absolute Gasteiger partial charge is 0.131 e. The van der Waals surface area contributed by atoms with Crippen molar-refractivity contribution in [3.05, 3.63) is 56.2 Å². The van der Waals surface area contributed by atoms with Crippen LogP contribution in [-0.4, -0.2) is 5.16 Å². The van der Waals surface area contributed by atoms with E-state index in [0.29, 0.717) is 0 Å². The maximum Gasteiger partial charge on any atom is 0.131 e.